The van der Waals surface area contributed by atoms with E-state index in [2.05, 4.69) is 10.4 Å². The van der Waals surface area contributed by atoms with Gasteiger partial charge in [0, 0.05) is 34.6 Å². The van der Waals surface area contributed by atoms with Crippen LogP contribution in [0, 0.1) is 12.3 Å². The normalized spacial score (nSPS) is 13.1. The van der Waals surface area contributed by atoms with Gasteiger partial charge in [-0.25, -0.2) is 4.68 Å². The van der Waals surface area contributed by atoms with Crippen LogP contribution in [0.5, 0.6) is 0 Å². The van der Waals surface area contributed by atoms with Gasteiger partial charge in [0.05, 0.1) is 17.4 Å². The van der Waals surface area contributed by atoms with Crippen LogP contribution in [-0.2, 0) is 0 Å². The smallest absolute Gasteiger partial charge is 0.251 e. The molecule has 8 heteroatoms. The lowest BCUT2D eigenvalue weighted by atomic mass is 10.0. The minimum absolute atomic E-state index is 0.137. The van der Waals surface area contributed by atoms with Crippen LogP contribution in [-0.4, -0.2) is 33.7 Å². The maximum Gasteiger partial charge on any atom is 0.251 e. The van der Waals surface area contributed by atoms with Crippen LogP contribution in [0.25, 0.3) is 5.69 Å². The number of carbonyl (C=O) groups excluding carboxylic acids is 2. The van der Waals surface area contributed by atoms with Crippen molar-refractivity contribution in [1.29, 1.82) is 5.41 Å². The molecular formula is C22H22N6O2. The highest BCUT2D eigenvalue weighted by atomic mass is 16.1. The number of ketones is 1. The van der Waals surface area contributed by atoms with Gasteiger partial charge < -0.3 is 22.2 Å². The number of benzene rings is 2. The monoisotopic (exact) mass is 402 g/mol. The van der Waals surface area contributed by atoms with Crippen molar-refractivity contribution in [1.82, 2.24) is 15.1 Å². The van der Waals surface area contributed by atoms with E-state index in [-0.39, 0.29) is 29.1 Å². The maximum absolute atomic E-state index is 12.9. The highest BCUT2D eigenvalue weighted by Crippen LogP contribution is 2.25. The quantitative estimate of drug-likeness (QED) is 0.285. The Hall–Kier alpha value is -3.94. The standard InChI is InChI=1S/C22H22N6O2/c1-12-2-3-14(22(30)27-16-6-7-16)9-19(12)28-21(25)17(11-26-28)20(29)13-4-5-15(10-23)18(24)8-13/h2-5,8-11,16,23H,6-7,24-25H2,1H3,(H,27,30). The fraction of sp³-hybridized carbons (Fsp3) is 0.182. The Balaban J connectivity index is 1.67. The Morgan fingerprint density at radius 3 is 2.57 bits per heavy atom. The van der Waals surface area contributed by atoms with Crippen molar-refractivity contribution in [3.63, 3.8) is 0 Å². The number of aromatic nitrogens is 2. The second-order valence-corrected chi connectivity index (χ2v) is 7.42. The SMILES string of the molecule is Cc1ccc(C(=O)NC2CC2)cc1-n1ncc(C(=O)c2ccc(C=N)c(N)c2)c1N. The number of nitrogen functional groups attached to an aromatic ring is 2. The molecule has 1 aromatic heterocycles. The molecule has 6 N–H and O–H groups in total. The summed E-state index contributed by atoms with van der Waals surface area (Å²) in [5, 5.41) is 14.6. The van der Waals surface area contributed by atoms with E-state index in [1.54, 1.807) is 24.3 Å². The fourth-order valence-corrected chi connectivity index (χ4v) is 3.20. The first-order chi connectivity index (χ1) is 14.4. The van der Waals surface area contributed by atoms with Crippen LogP contribution in [0.2, 0.25) is 0 Å². The van der Waals surface area contributed by atoms with Gasteiger partial charge in [0.15, 0.2) is 5.78 Å². The molecule has 0 spiro atoms. The Morgan fingerprint density at radius 2 is 1.90 bits per heavy atom. The van der Waals surface area contributed by atoms with Gasteiger partial charge in [-0.3, -0.25) is 9.59 Å². The molecule has 1 saturated carbocycles. The molecule has 8 nitrogen and oxygen atoms in total. The highest BCUT2D eigenvalue weighted by Gasteiger charge is 2.24. The Labute approximate surface area is 173 Å². The minimum Gasteiger partial charge on any atom is -0.398 e. The zero-order valence-corrected chi connectivity index (χ0v) is 16.5. The average Bonchev–Trinajstić information content (AvgIpc) is 3.47. The highest BCUT2D eigenvalue weighted by molar-refractivity contribution is 6.12. The van der Waals surface area contributed by atoms with Crippen molar-refractivity contribution < 1.29 is 9.59 Å². The Bertz CT molecular complexity index is 1180. The molecule has 0 aliphatic heterocycles. The molecule has 152 valence electrons. The van der Waals surface area contributed by atoms with E-state index in [4.69, 9.17) is 16.9 Å². The number of nitrogens with two attached hydrogens (primary N) is 2. The van der Waals surface area contributed by atoms with Crippen LogP contribution >= 0.6 is 0 Å². The van der Waals surface area contributed by atoms with Crippen molar-refractivity contribution in [2.75, 3.05) is 11.5 Å². The first kappa shape index (κ1) is 19.4. The number of amides is 1. The predicted molar refractivity (Wildman–Crippen MR) is 115 cm³/mol. The Morgan fingerprint density at radius 1 is 1.17 bits per heavy atom. The molecule has 3 aromatic rings. The molecule has 2 aromatic carbocycles. The molecule has 0 bridgehead atoms. The van der Waals surface area contributed by atoms with Crippen molar-refractivity contribution >= 4 is 29.4 Å². The molecule has 1 aliphatic rings. The molecule has 0 atom stereocenters. The van der Waals surface area contributed by atoms with E-state index in [9.17, 15) is 9.59 Å². The number of rotatable bonds is 6. The van der Waals surface area contributed by atoms with Gasteiger partial charge in [0.2, 0.25) is 0 Å². The molecule has 30 heavy (non-hydrogen) atoms. The number of hydrogen-bond donors (Lipinski definition) is 4. The van der Waals surface area contributed by atoms with Gasteiger partial charge in [0.25, 0.3) is 5.91 Å². The van der Waals surface area contributed by atoms with Crippen LogP contribution in [0.1, 0.15) is 50.2 Å². The summed E-state index contributed by atoms with van der Waals surface area (Å²) >= 11 is 0. The van der Waals surface area contributed by atoms with E-state index in [0.29, 0.717) is 28.1 Å². The number of nitrogens with zero attached hydrogens (tertiary/aromatic N) is 2. The van der Waals surface area contributed by atoms with E-state index in [0.717, 1.165) is 24.6 Å². The lowest BCUT2D eigenvalue weighted by Crippen LogP contribution is -2.25. The molecule has 0 saturated heterocycles. The van der Waals surface area contributed by atoms with Gasteiger partial charge in [-0.05, 0) is 43.5 Å². The topological polar surface area (TPSA) is 140 Å². The fourth-order valence-electron chi connectivity index (χ4n) is 3.20. The summed E-state index contributed by atoms with van der Waals surface area (Å²) < 4.78 is 1.46. The summed E-state index contributed by atoms with van der Waals surface area (Å²) in [6.45, 7) is 1.89. The van der Waals surface area contributed by atoms with E-state index in [1.165, 1.54) is 16.9 Å². The minimum atomic E-state index is -0.317. The summed E-state index contributed by atoms with van der Waals surface area (Å²) in [6.07, 6.45) is 4.56. The lowest BCUT2D eigenvalue weighted by molar-refractivity contribution is 0.0950. The first-order valence-electron chi connectivity index (χ1n) is 9.59. The first-order valence-corrected chi connectivity index (χ1v) is 9.59. The predicted octanol–water partition coefficient (Wildman–Crippen LogP) is 2.47. The van der Waals surface area contributed by atoms with E-state index in [1.807, 2.05) is 13.0 Å². The van der Waals surface area contributed by atoms with Gasteiger partial charge in [-0.1, -0.05) is 18.2 Å². The average molecular weight is 402 g/mol. The summed E-state index contributed by atoms with van der Waals surface area (Å²) in [7, 11) is 0. The van der Waals surface area contributed by atoms with Gasteiger partial charge in [0.1, 0.15) is 5.82 Å². The van der Waals surface area contributed by atoms with Gasteiger partial charge in [-0.15, -0.1) is 0 Å². The van der Waals surface area contributed by atoms with Crippen molar-refractivity contribution in [3.05, 3.63) is 70.4 Å². The molecule has 1 fully saturated rings. The van der Waals surface area contributed by atoms with Crippen LogP contribution in [0.3, 0.4) is 0 Å². The summed E-state index contributed by atoms with van der Waals surface area (Å²) in [5.41, 5.74) is 15.6. The third-order valence-corrected chi connectivity index (χ3v) is 5.17. The largest absolute Gasteiger partial charge is 0.398 e. The molecule has 0 unspecified atom stereocenters. The van der Waals surface area contributed by atoms with Crippen LogP contribution in [0.4, 0.5) is 11.5 Å². The van der Waals surface area contributed by atoms with Gasteiger partial charge in [-0.2, -0.15) is 5.10 Å². The third-order valence-electron chi connectivity index (χ3n) is 5.17. The van der Waals surface area contributed by atoms with Gasteiger partial charge >= 0.3 is 0 Å². The molecule has 1 amide bonds. The summed E-state index contributed by atoms with van der Waals surface area (Å²) in [4.78, 5) is 25.3. The number of anilines is 2. The summed E-state index contributed by atoms with van der Waals surface area (Å²) in [5.74, 6) is -0.276. The zero-order chi connectivity index (χ0) is 21.4. The van der Waals surface area contributed by atoms with Crippen molar-refractivity contribution in [2.45, 2.75) is 25.8 Å². The van der Waals surface area contributed by atoms with Crippen LogP contribution in [0.15, 0.2) is 42.6 Å². The number of hydrogen-bond acceptors (Lipinski definition) is 6. The Kier molecular flexibility index (Phi) is 4.83. The summed E-state index contributed by atoms with van der Waals surface area (Å²) in [6, 6.07) is 10.3. The number of carbonyl (C=O) groups is 2. The number of aryl methyl sites for hydroxylation is 1. The molecular weight excluding hydrogens is 380 g/mol. The number of nitrogens with one attached hydrogen (secondary N) is 2. The molecule has 0 radical (unpaired) electrons. The lowest BCUT2D eigenvalue weighted by Gasteiger charge is -2.11. The molecule has 1 aliphatic carbocycles. The van der Waals surface area contributed by atoms with E-state index < -0.39 is 0 Å². The third kappa shape index (κ3) is 3.55. The van der Waals surface area contributed by atoms with E-state index >= 15 is 0 Å². The maximum atomic E-state index is 12.9. The molecule has 4 rings (SSSR count). The second-order valence-electron chi connectivity index (χ2n) is 7.42. The molecule has 1 heterocycles. The zero-order valence-electron chi connectivity index (χ0n) is 16.5. The second kappa shape index (κ2) is 7.47. The van der Waals surface area contributed by atoms with Crippen LogP contribution < -0.4 is 16.8 Å². The van der Waals surface area contributed by atoms with Crippen molar-refractivity contribution in [3.8, 4) is 5.69 Å². The van der Waals surface area contributed by atoms with Crippen molar-refractivity contribution in [2.24, 2.45) is 0 Å².